The smallest absolute Gasteiger partial charge is 0.116 e. The number of hydrogen-bond donors (Lipinski definition) is 0. The number of carbonyl (C=O) groups is 1. The number of aldehydes is 1. The monoisotopic (exact) mass is 132 g/mol. The molecule has 0 N–H and O–H groups in total. The zero-order chi connectivity index (χ0) is 7.91. The summed E-state index contributed by atoms with van der Waals surface area (Å²) in [5.74, 6) is 0. The molecule has 2 nitrogen and oxygen atoms in total. The minimum Gasteiger partial charge on any atom is -0.379 e. The van der Waals surface area contributed by atoms with Gasteiger partial charge in [-0.25, -0.2) is 0 Å². The van der Waals surface area contributed by atoms with Crippen molar-refractivity contribution in [3.8, 4) is 0 Å². The Hall–Kier alpha value is -0.370. The summed E-state index contributed by atoms with van der Waals surface area (Å²) in [6.45, 7) is 7.51. The van der Waals surface area contributed by atoms with Crippen molar-refractivity contribution in [3.05, 3.63) is 0 Å². The van der Waals surface area contributed by atoms with Gasteiger partial charge in [0.2, 0.25) is 0 Å². The molecule has 0 heterocycles. The molecule has 9 heavy (non-hydrogen) atoms. The molecule has 0 aromatic heterocycles. The van der Waals surface area contributed by atoms with Crippen molar-refractivity contribution in [1.82, 2.24) is 0 Å². The van der Waals surface area contributed by atoms with Crippen LogP contribution in [-0.2, 0) is 9.53 Å². The highest BCUT2D eigenvalue weighted by Crippen LogP contribution is 2.02. The fourth-order valence-corrected chi connectivity index (χ4v) is 0. The molecular formula is C7H16O2. The summed E-state index contributed by atoms with van der Waals surface area (Å²) in [6.07, 6.45) is 0.750. The van der Waals surface area contributed by atoms with Crippen LogP contribution in [0, 0.1) is 0 Å². The Bertz CT molecular complexity index is 61.8. The maximum absolute atomic E-state index is 8.81. The predicted octanol–water partition coefficient (Wildman–Crippen LogP) is 1.64. The highest BCUT2D eigenvalue weighted by molar-refractivity contribution is 5.44. The lowest BCUT2D eigenvalue weighted by atomic mass is 10.2. The van der Waals surface area contributed by atoms with E-state index in [1.54, 1.807) is 7.11 Å². The van der Waals surface area contributed by atoms with Gasteiger partial charge in [0.25, 0.3) is 0 Å². The molecular weight excluding hydrogens is 116 g/mol. The quantitative estimate of drug-likeness (QED) is 0.468. The minimum atomic E-state index is 0.0417. The Labute approximate surface area is 57.2 Å². The summed E-state index contributed by atoms with van der Waals surface area (Å²) in [5.41, 5.74) is 0.0417. The van der Waals surface area contributed by atoms with Crippen molar-refractivity contribution in [3.63, 3.8) is 0 Å². The standard InChI is InChI=1S/C5H12O.C2H4O/c1-5(2,3)6-4;1-2-3/h1-4H3;2H,1H3. The third-order valence-electron chi connectivity index (χ3n) is 0.612. The van der Waals surface area contributed by atoms with Gasteiger partial charge >= 0.3 is 0 Å². The Morgan fingerprint density at radius 3 is 1.44 bits per heavy atom. The van der Waals surface area contributed by atoms with E-state index in [-0.39, 0.29) is 5.60 Å². The van der Waals surface area contributed by atoms with Gasteiger partial charge in [-0.1, -0.05) is 0 Å². The molecule has 0 bridgehead atoms. The van der Waals surface area contributed by atoms with Gasteiger partial charge < -0.3 is 9.53 Å². The van der Waals surface area contributed by atoms with Crippen molar-refractivity contribution in [2.75, 3.05) is 7.11 Å². The second kappa shape index (κ2) is 5.76. The van der Waals surface area contributed by atoms with E-state index in [0.29, 0.717) is 0 Å². The summed E-state index contributed by atoms with van der Waals surface area (Å²) in [4.78, 5) is 8.81. The van der Waals surface area contributed by atoms with Gasteiger partial charge in [0.1, 0.15) is 6.29 Å². The molecule has 0 rings (SSSR count). The highest BCUT2D eigenvalue weighted by atomic mass is 16.5. The molecule has 0 aliphatic carbocycles. The number of carbonyl (C=O) groups excluding carboxylic acids is 1. The van der Waals surface area contributed by atoms with Gasteiger partial charge in [0.05, 0.1) is 5.60 Å². The number of rotatable bonds is 0. The number of methoxy groups -OCH3 is 1. The molecule has 2 heteroatoms. The largest absolute Gasteiger partial charge is 0.379 e. The first kappa shape index (κ1) is 11.4. The van der Waals surface area contributed by atoms with E-state index >= 15 is 0 Å². The molecule has 0 radical (unpaired) electrons. The molecule has 0 saturated carbocycles. The summed E-state index contributed by atoms with van der Waals surface area (Å²) in [7, 11) is 1.71. The van der Waals surface area contributed by atoms with Crippen LogP contribution in [0.15, 0.2) is 0 Å². The van der Waals surface area contributed by atoms with Crippen LogP contribution in [0.3, 0.4) is 0 Å². The zero-order valence-electron chi connectivity index (χ0n) is 6.89. The molecule has 0 aromatic rings. The second-order valence-electron chi connectivity index (χ2n) is 2.55. The van der Waals surface area contributed by atoms with Crippen LogP contribution < -0.4 is 0 Å². The number of hydrogen-bond acceptors (Lipinski definition) is 2. The average Bonchev–Trinajstić information content (AvgIpc) is 1.67. The fourth-order valence-electron chi connectivity index (χ4n) is 0. The number of ether oxygens (including phenoxy) is 1. The summed E-state index contributed by atoms with van der Waals surface area (Å²) in [6, 6.07) is 0. The highest BCUT2D eigenvalue weighted by Gasteiger charge is 2.03. The zero-order valence-corrected chi connectivity index (χ0v) is 6.89. The van der Waals surface area contributed by atoms with Crippen LogP contribution >= 0.6 is 0 Å². The van der Waals surface area contributed by atoms with Crippen LogP contribution in [0.4, 0.5) is 0 Å². The lowest BCUT2D eigenvalue weighted by molar-refractivity contribution is -0.106. The van der Waals surface area contributed by atoms with Gasteiger partial charge in [0.15, 0.2) is 0 Å². The lowest BCUT2D eigenvalue weighted by Crippen LogP contribution is -2.15. The van der Waals surface area contributed by atoms with E-state index in [0.717, 1.165) is 6.29 Å². The Kier molecular flexibility index (Phi) is 7.32. The van der Waals surface area contributed by atoms with Gasteiger partial charge in [-0.3, -0.25) is 0 Å². The van der Waals surface area contributed by atoms with Gasteiger partial charge in [-0.05, 0) is 27.7 Å². The maximum Gasteiger partial charge on any atom is 0.116 e. The van der Waals surface area contributed by atoms with E-state index in [9.17, 15) is 0 Å². The van der Waals surface area contributed by atoms with Crippen LogP contribution in [0.2, 0.25) is 0 Å². The van der Waals surface area contributed by atoms with E-state index in [2.05, 4.69) is 0 Å². The summed E-state index contributed by atoms with van der Waals surface area (Å²) < 4.78 is 4.94. The molecule has 0 unspecified atom stereocenters. The van der Waals surface area contributed by atoms with Crippen molar-refractivity contribution in [2.24, 2.45) is 0 Å². The summed E-state index contributed by atoms with van der Waals surface area (Å²) >= 11 is 0. The molecule has 56 valence electrons. The third kappa shape index (κ3) is 35.0. The normalized spacial score (nSPS) is 9.44. The molecule has 0 aliphatic rings. The Morgan fingerprint density at radius 1 is 1.33 bits per heavy atom. The predicted molar refractivity (Wildman–Crippen MR) is 38.5 cm³/mol. The van der Waals surface area contributed by atoms with E-state index in [1.807, 2.05) is 20.8 Å². The fraction of sp³-hybridized carbons (Fsp3) is 0.857. The second-order valence-corrected chi connectivity index (χ2v) is 2.55. The van der Waals surface area contributed by atoms with E-state index < -0.39 is 0 Å². The average molecular weight is 132 g/mol. The first-order valence-corrected chi connectivity index (χ1v) is 2.93. The van der Waals surface area contributed by atoms with Crippen molar-refractivity contribution in [2.45, 2.75) is 33.3 Å². The molecule has 0 atom stereocenters. The van der Waals surface area contributed by atoms with Crippen LogP contribution in [0.1, 0.15) is 27.7 Å². The van der Waals surface area contributed by atoms with Gasteiger partial charge in [-0.2, -0.15) is 0 Å². The topological polar surface area (TPSA) is 26.3 Å². The van der Waals surface area contributed by atoms with Gasteiger partial charge in [0, 0.05) is 7.11 Å². The molecule has 0 amide bonds. The lowest BCUT2D eigenvalue weighted by Gasteiger charge is -2.14. The Balaban J connectivity index is 0. The van der Waals surface area contributed by atoms with Crippen molar-refractivity contribution < 1.29 is 9.53 Å². The molecule has 0 fully saturated rings. The maximum atomic E-state index is 8.81. The Morgan fingerprint density at radius 2 is 1.44 bits per heavy atom. The van der Waals surface area contributed by atoms with Crippen LogP contribution in [0.5, 0.6) is 0 Å². The van der Waals surface area contributed by atoms with Crippen molar-refractivity contribution in [1.29, 1.82) is 0 Å². The molecule has 0 spiro atoms. The minimum absolute atomic E-state index is 0.0417. The van der Waals surface area contributed by atoms with Crippen molar-refractivity contribution >= 4 is 6.29 Å². The van der Waals surface area contributed by atoms with E-state index in [1.165, 1.54) is 6.92 Å². The molecule has 0 aromatic carbocycles. The SMILES string of the molecule is CC=O.COC(C)(C)C. The van der Waals surface area contributed by atoms with E-state index in [4.69, 9.17) is 9.53 Å². The molecule has 0 saturated heterocycles. The first-order chi connectivity index (χ1) is 3.97. The summed E-state index contributed by atoms with van der Waals surface area (Å²) in [5, 5.41) is 0. The van der Waals surface area contributed by atoms with Gasteiger partial charge in [-0.15, -0.1) is 0 Å². The first-order valence-electron chi connectivity index (χ1n) is 2.93. The van der Waals surface area contributed by atoms with Crippen LogP contribution in [-0.4, -0.2) is 19.0 Å². The molecule has 0 aliphatic heterocycles. The third-order valence-corrected chi connectivity index (χ3v) is 0.612. The van der Waals surface area contributed by atoms with Crippen LogP contribution in [0.25, 0.3) is 0 Å².